The third-order valence-electron chi connectivity index (χ3n) is 4.14. The first-order chi connectivity index (χ1) is 13.2. The maximum Gasteiger partial charge on any atom is 0.232 e. The van der Waals surface area contributed by atoms with Crippen molar-refractivity contribution >= 4 is 38.9 Å². The van der Waals surface area contributed by atoms with Crippen molar-refractivity contribution in [3.8, 4) is 5.75 Å². The van der Waals surface area contributed by atoms with Crippen LogP contribution in [0.3, 0.4) is 0 Å². The van der Waals surface area contributed by atoms with Crippen molar-refractivity contribution in [2.24, 2.45) is 0 Å². The van der Waals surface area contributed by atoms with Gasteiger partial charge in [0, 0.05) is 23.7 Å². The van der Waals surface area contributed by atoms with E-state index in [1.54, 1.807) is 42.5 Å². The van der Waals surface area contributed by atoms with Crippen LogP contribution >= 0.6 is 11.6 Å². The number of amides is 1. The van der Waals surface area contributed by atoms with Gasteiger partial charge < -0.3 is 10.1 Å². The van der Waals surface area contributed by atoms with Gasteiger partial charge in [0.2, 0.25) is 15.9 Å². The molecule has 1 amide bonds. The lowest BCUT2D eigenvalue weighted by atomic mass is 10.2. The molecule has 152 valence electrons. The summed E-state index contributed by atoms with van der Waals surface area (Å²) in [6, 6.07) is 12.3. The Bertz CT molecular complexity index is 932. The molecule has 0 fully saturated rings. The molecule has 0 aliphatic rings. The van der Waals surface area contributed by atoms with Crippen molar-refractivity contribution in [3.63, 3.8) is 0 Å². The van der Waals surface area contributed by atoms with Crippen molar-refractivity contribution in [2.75, 3.05) is 29.0 Å². The van der Waals surface area contributed by atoms with E-state index in [1.165, 1.54) is 4.31 Å². The quantitative estimate of drug-likeness (QED) is 0.653. The number of rotatable bonds is 9. The van der Waals surface area contributed by atoms with Crippen LogP contribution in [0.4, 0.5) is 11.4 Å². The van der Waals surface area contributed by atoms with E-state index in [4.69, 9.17) is 16.3 Å². The fourth-order valence-electron chi connectivity index (χ4n) is 2.74. The minimum atomic E-state index is -3.52. The van der Waals surface area contributed by atoms with Gasteiger partial charge in [0.15, 0.2) is 0 Å². The number of carbonyl (C=O) groups is 1. The van der Waals surface area contributed by atoms with Gasteiger partial charge in [-0.2, -0.15) is 0 Å². The first-order valence-corrected chi connectivity index (χ1v) is 11.2. The second kappa shape index (κ2) is 9.80. The number of nitrogens with zero attached hydrogens (tertiary/aromatic N) is 1. The summed E-state index contributed by atoms with van der Waals surface area (Å²) in [5.41, 5.74) is 1.91. The van der Waals surface area contributed by atoms with Crippen LogP contribution in [0.15, 0.2) is 42.5 Å². The van der Waals surface area contributed by atoms with Gasteiger partial charge in [-0.15, -0.1) is 0 Å². The largest absolute Gasteiger partial charge is 0.492 e. The van der Waals surface area contributed by atoms with Gasteiger partial charge >= 0.3 is 0 Å². The molecular weight excluding hydrogens is 400 g/mol. The molecule has 0 aliphatic carbocycles. The Morgan fingerprint density at radius 2 is 1.89 bits per heavy atom. The third-order valence-corrected chi connectivity index (χ3v) is 5.73. The highest BCUT2D eigenvalue weighted by molar-refractivity contribution is 7.92. The zero-order chi connectivity index (χ0) is 20.7. The van der Waals surface area contributed by atoms with Crippen LogP contribution in [0.5, 0.6) is 5.75 Å². The van der Waals surface area contributed by atoms with Gasteiger partial charge in [0.05, 0.1) is 18.6 Å². The molecule has 2 aromatic rings. The molecule has 0 aliphatic heterocycles. The van der Waals surface area contributed by atoms with Gasteiger partial charge in [-0.25, -0.2) is 8.42 Å². The number of halogens is 1. The molecule has 0 spiro atoms. The highest BCUT2D eigenvalue weighted by Crippen LogP contribution is 2.30. The number of sulfonamides is 1. The molecule has 6 nitrogen and oxygen atoms in total. The Kier molecular flexibility index (Phi) is 7.71. The van der Waals surface area contributed by atoms with Gasteiger partial charge in [-0.1, -0.05) is 29.8 Å². The van der Waals surface area contributed by atoms with Crippen LogP contribution in [0, 0.1) is 6.92 Å². The lowest BCUT2D eigenvalue weighted by molar-refractivity contribution is -0.116. The molecule has 0 saturated carbocycles. The zero-order valence-electron chi connectivity index (χ0n) is 16.2. The first-order valence-electron chi connectivity index (χ1n) is 8.98. The van der Waals surface area contributed by atoms with E-state index < -0.39 is 10.0 Å². The summed E-state index contributed by atoms with van der Waals surface area (Å²) < 4.78 is 31.4. The minimum Gasteiger partial charge on any atom is -0.492 e. The number of hydrogen-bond acceptors (Lipinski definition) is 4. The standard InChI is InChI=1S/C20H25ClN2O4S/c1-4-27-19-12-6-5-11-18(19)23(28(3,25)26)14-8-13-20(24)22-17-10-7-9-16(21)15(17)2/h5-7,9-12H,4,8,13-14H2,1-3H3,(H,22,24). The molecule has 0 bridgehead atoms. The van der Waals surface area contributed by atoms with E-state index in [9.17, 15) is 13.2 Å². The van der Waals surface area contributed by atoms with Crippen molar-refractivity contribution in [1.29, 1.82) is 0 Å². The van der Waals surface area contributed by atoms with E-state index in [-0.39, 0.29) is 18.9 Å². The Morgan fingerprint density at radius 3 is 2.57 bits per heavy atom. The Morgan fingerprint density at radius 1 is 1.18 bits per heavy atom. The number of carbonyl (C=O) groups excluding carboxylic acids is 1. The maximum absolute atomic E-state index is 12.3. The highest BCUT2D eigenvalue weighted by atomic mass is 35.5. The Hall–Kier alpha value is -2.25. The Balaban J connectivity index is 2.05. The van der Waals surface area contributed by atoms with Crippen LogP contribution < -0.4 is 14.4 Å². The molecule has 0 aromatic heterocycles. The predicted molar refractivity (Wildman–Crippen MR) is 114 cm³/mol. The Labute approximate surface area is 171 Å². The van der Waals surface area contributed by atoms with E-state index in [0.29, 0.717) is 35.2 Å². The van der Waals surface area contributed by atoms with Crippen LogP contribution in [-0.4, -0.2) is 33.7 Å². The summed E-state index contributed by atoms with van der Waals surface area (Å²) in [5.74, 6) is 0.298. The summed E-state index contributed by atoms with van der Waals surface area (Å²) in [6.07, 6.45) is 1.68. The monoisotopic (exact) mass is 424 g/mol. The molecule has 0 saturated heterocycles. The van der Waals surface area contributed by atoms with Gasteiger partial charge in [0.1, 0.15) is 5.75 Å². The number of anilines is 2. The number of para-hydroxylation sites is 2. The average molecular weight is 425 g/mol. The fourth-order valence-corrected chi connectivity index (χ4v) is 3.89. The van der Waals surface area contributed by atoms with Crippen molar-refractivity contribution < 1.29 is 17.9 Å². The molecule has 0 heterocycles. The maximum atomic E-state index is 12.3. The molecule has 2 rings (SSSR count). The van der Waals surface area contributed by atoms with Crippen molar-refractivity contribution in [2.45, 2.75) is 26.7 Å². The first kappa shape index (κ1) is 22.0. The molecule has 0 radical (unpaired) electrons. The lowest BCUT2D eigenvalue weighted by Gasteiger charge is -2.24. The van der Waals surface area contributed by atoms with Crippen LogP contribution in [0.25, 0.3) is 0 Å². The summed E-state index contributed by atoms with van der Waals surface area (Å²) >= 11 is 6.07. The number of ether oxygens (including phenoxy) is 1. The topological polar surface area (TPSA) is 75.7 Å². The van der Waals surface area contributed by atoms with Gasteiger partial charge in [-0.05, 0) is 50.1 Å². The second-order valence-corrected chi connectivity index (χ2v) is 8.61. The summed E-state index contributed by atoms with van der Waals surface area (Å²) in [7, 11) is -3.52. The second-order valence-electron chi connectivity index (χ2n) is 6.30. The normalized spacial score (nSPS) is 11.1. The molecular formula is C20H25ClN2O4S. The predicted octanol–water partition coefficient (Wildman–Crippen LogP) is 4.23. The molecule has 2 aromatic carbocycles. The molecule has 8 heteroatoms. The third kappa shape index (κ3) is 5.87. The number of benzene rings is 2. The number of nitrogens with one attached hydrogen (secondary N) is 1. The lowest BCUT2D eigenvalue weighted by Crippen LogP contribution is -2.32. The van der Waals surface area contributed by atoms with E-state index in [0.717, 1.165) is 11.8 Å². The van der Waals surface area contributed by atoms with Crippen LogP contribution in [0.1, 0.15) is 25.3 Å². The molecule has 0 atom stereocenters. The molecule has 0 unspecified atom stereocenters. The zero-order valence-corrected chi connectivity index (χ0v) is 17.8. The smallest absolute Gasteiger partial charge is 0.232 e. The van der Waals surface area contributed by atoms with Crippen LogP contribution in [0.2, 0.25) is 5.02 Å². The van der Waals surface area contributed by atoms with E-state index in [2.05, 4.69) is 5.32 Å². The minimum absolute atomic E-state index is 0.171. The molecule has 28 heavy (non-hydrogen) atoms. The average Bonchev–Trinajstić information content (AvgIpc) is 2.63. The summed E-state index contributed by atoms with van der Waals surface area (Å²) in [6.45, 7) is 4.26. The highest BCUT2D eigenvalue weighted by Gasteiger charge is 2.21. The van der Waals surface area contributed by atoms with E-state index in [1.807, 2.05) is 13.8 Å². The molecule has 1 N–H and O–H groups in total. The number of hydrogen-bond donors (Lipinski definition) is 1. The fraction of sp³-hybridized carbons (Fsp3) is 0.350. The van der Waals surface area contributed by atoms with Crippen LogP contribution in [-0.2, 0) is 14.8 Å². The van der Waals surface area contributed by atoms with Gasteiger partial charge in [-0.3, -0.25) is 9.10 Å². The summed E-state index contributed by atoms with van der Waals surface area (Å²) in [4.78, 5) is 12.3. The van der Waals surface area contributed by atoms with Crippen molar-refractivity contribution in [1.82, 2.24) is 0 Å². The summed E-state index contributed by atoms with van der Waals surface area (Å²) in [5, 5.41) is 3.40. The van der Waals surface area contributed by atoms with Crippen molar-refractivity contribution in [3.05, 3.63) is 53.1 Å². The SMILES string of the molecule is CCOc1ccccc1N(CCCC(=O)Nc1cccc(Cl)c1C)S(C)(=O)=O. The van der Waals surface area contributed by atoms with E-state index >= 15 is 0 Å². The van der Waals surface area contributed by atoms with Gasteiger partial charge in [0.25, 0.3) is 0 Å².